The molecule has 0 radical (unpaired) electrons. The third-order valence-electron chi connectivity index (χ3n) is 2.85. The van der Waals surface area contributed by atoms with Gasteiger partial charge >= 0.3 is 12.0 Å². The number of urea groups is 1. The molecule has 1 aromatic rings. The first-order chi connectivity index (χ1) is 8.41. The van der Waals surface area contributed by atoms with Gasteiger partial charge in [0, 0.05) is 6.54 Å². The Morgan fingerprint density at radius 3 is 2.61 bits per heavy atom. The summed E-state index contributed by atoms with van der Waals surface area (Å²) in [5.41, 5.74) is 0.118. The SMILES string of the molecule is CC(C)C(C)CNC(=O)Nc1sccc1C(=O)O. The third-order valence-corrected chi connectivity index (χ3v) is 3.68. The summed E-state index contributed by atoms with van der Waals surface area (Å²) >= 11 is 1.19. The van der Waals surface area contributed by atoms with Crippen molar-refractivity contribution in [3.05, 3.63) is 17.0 Å². The quantitative estimate of drug-likeness (QED) is 0.769. The van der Waals surface area contributed by atoms with Crippen LogP contribution < -0.4 is 10.6 Å². The monoisotopic (exact) mass is 270 g/mol. The molecule has 1 atom stereocenters. The van der Waals surface area contributed by atoms with Gasteiger partial charge in [0.15, 0.2) is 0 Å². The summed E-state index contributed by atoms with van der Waals surface area (Å²) < 4.78 is 0. The van der Waals surface area contributed by atoms with Crippen LogP contribution in [0, 0.1) is 11.8 Å². The molecule has 0 aromatic carbocycles. The molecule has 0 aliphatic heterocycles. The molecule has 6 heteroatoms. The molecule has 2 amide bonds. The van der Waals surface area contributed by atoms with Crippen LogP contribution in [0.2, 0.25) is 0 Å². The highest BCUT2D eigenvalue weighted by Crippen LogP contribution is 2.22. The third kappa shape index (κ3) is 4.03. The Morgan fingerprint density at radius 1 is 1.39 bits per heavy atom. The van der Waals surface area contributed by atoms with Gasteiger partial charge in [-0.3, -0.25) is 5.32 Å². The van der Waals surface area contributed by atoms with E-state index in [1.54, 1.807) is 5.38 Å². The number of carboxylic acids is 1. The number of anilines is 1. The molecule has 1 rings (SSSR count). The van der Waals surface area contributed by atoms with E-state index in [0.29, 0.717) is 23.4 Å². The highest BCUT2D eigenvalue weighted by Gasteiger charge is 2.14. The van der Waals surface area contributed by atoms with Crippen molar-refractivity contribution in [1.82, 2.24) is 5.32 Å². The maximum atomic E-state index is 11.6. The van der Waals surface area contributed by atoms with Gasteiger partial charge in [-0.1, -0.05) is 20.8 Å². The maximum Gasteiger partial charge on any atom is 0.338 e. The lowest BCUT2D eigenvalue weighted by Crippen LogP contribution is -2.33. The van der Waals surface area contributed by atoms with Crippen molar-refractivity contribution in [1.29, 1.82) is 0 Å². The van der Waals surface area contributed by atoms with Crippen LogP contribution >= 0.6 is 11.3 Å². The Hall–Kier alpha value is -1.56. The molecule has 5 nitrogen and oxygen atoms in total. The van der Waals surface area contributed by atoms with Gasteiger partial charge in [-0.25, -0.2) is 9.59 Å². The van der Waals surface area contributed by atoms with E-state index in [-0.39, 0.29) is 11.6 Å². The van der Waals surface area contributed by atoms with E-state index >= 15 is 0 Å². The molecule has 100 valence electrons. The van der Waals surface area contributed by atoms with E-state index in [1.165, 1.54) is 17.4 Å². The van der Waals surface area contributed by atoms with Crippen molar-refractivity contribution in [2.24, 2.45) is 11.8 Å². The van der Waals surface area contributed by atoms with Crippen molar-refractivity contribution in [3.63, 3.8) is 0 Å². The van der Waals surface area contributed by atoms with Crippen LogP contribution in [0.4, 0.5) is 9.80 Å². The molecule has 0 aliphatic carbocycles. The Labute approximate surface area is 110 Å². The fourth-order valence-electron chi connectivity index (χ4n) is 1.21. The van der Waals surface area contributed by atoms with E-state index in [0.717, 1.165) is 0 Å². The Morgan fingerprint density at radius 2 is 2.06 bits per heavy atom. The number of hydrogen-bond donors (Lipinski definition) is 3. The van der Waals surface area contributed by atoms with Gasteiger partial charge in [-0.15, -0.1) is 11.3 Å². The first-order valence-electron chi connectivity index (χ1n) is 5.77. The normalized spacial score (nSPS) is 12.2. The largest absolute Gasteiger partial charge is 0.478 e. The Kier molecular flexibility index (Phi) is 5.15. The molecular weight excluding hydrogens is 252 g/mol. The van der Waals surface area contributed by atoms with Crippen molar-refractivity contribution >= 4 is 28.3 Å². The van der Waals surface area contributed by atoms with Gasteiger partial charge in [-0.2, -0.15) is 0 Å². The number of carboxylic acid groups (broad SMARTS) is 1. The second kappa shape index (κ2) is 6.39. The minimum atomic E-state index is -1.04. The lowest BCUT2D eigenvalue weighted by Gasteiger charge is -2.16. The average molecular weight is 270 g/mol. The summed E-state index contributed by atoms with van der Waals surface area (Å²) in [5.74, 6) is -0.179. The molecule has 3 N–H and O–H groups in total. The number of amides is 2. The molecule has 1 unspecified atom stereocenters. The standard InChI is InChI=1S/C12H18N2O3S/c1-7(2)8(3)6-13-12(17)14-10-9(11(15)16)4-5-18-10/h4-5,7-8H,6H2,1-3H3,(H,15,16)(H2,13,14,17). The fraction of sp³-hybridized carbons (Fsp3) is 0.500. The van der Waals surface area contributed by atoms with Crippen molar-refractivity contribution in [2.75, 3.05) is 11.9 Å². The number of hydrogen-bond acceptors (Lipinski definition) is 3. The van der Waals surface area contributed by atoms with Crippen LogP contribution in [-0.2, 0) is 0 Å². The molecule has 0 saturated heterocycles. The van der Waals surface area contributed by atoms with Gasteiger partial charge in [-0.05, 0) is 23.3 Å². The Balaban J connectivity index is 2.50. The highest BCUT2D eigenvalue weighted by atomic mass is 32.1. The first kappa shape index (κ1) is 14.5. The molecule has 0 spiro atoms. The predicted molar refractivity (Wildman–Crippen MR) is 72.3 cm³/mol. The predicted octanol–water partition coefficient (Wildman–Crippen LogP) is 2.86. The van der Waals surface area contributed by atoms with Gasteiger partial charge < -0.3 is 10.4 Å². The van der Waals surface area contributed by atoms with Gasteiger partial charge in [0.05, 0.1) is 5.56 Å². The topological polar surface area (TPSA) is 78.4 Å². The average Bonchev–Trinajstić information content (AvgIpc) is 2.73. The second-order valence-corrected chi connectivity index (χ2v) is 5.44. The van der Waals surface area contributed by atoms with Crippen LogP contribution in [0.25, 0.3) is 0 Å². The highest BCUT2D eigenvalue weighted by molar-refractivity contribution is 7.14. The van der Waals surface area contributed by atoms with Gasteiger partial charge in [0.1, 0.15) is 5.00 Å². The van der Waals surface area contributed by atoms with E-state index in [2.05, 4.69) is 31.4 Å². The number of carbonyl (C=O) groups is 2. The first-order valence-corrected chi connectivity index (χ1v) is 6.65. The molecule has 18 heavy (non-hydrogen) atoms. The molecule has 0 bridgehead atoms. The van der Waals surface area contributed by atoms with E-state index in [9.17, 15) is 9.59 Å². The summed E-state index contributed by atoms with van der Waals surface area (Å²) in [4.78, 5) is 22.5. The zero-order valence-electron chi connectivity index (χ0n) is 10.7. The van der Waals surface area contributed by atoms with Crippen LogP contribution in [-0.4, -0.2) is 23.7 Å². The molecule has 0 fully saturated rings. The van der Waals surface area contributed by atoms with Crippen molar-refractivity contribution < 1.29 is 14.7 Å². The molecule has 0 aliphatic rings. The zero-order valence-corrected chi connectivity index (χ0v) is 11.5. The van der Waals surface area contributed by atoms with E-state index in [4.69, 9.17) is 5.11 Å². The number of aromatic carboxylic acids is 1. The lowest BCUT2D eigenvalue weighted by atomic mass is 9.98. The van der Waals surface area contributed by atoms with Gasteiger partial charge in [0.2, 0.25) is 0 Å². The van der Waals surface area contributed by atoms with Crippen LogP contribution in [0.15, 0.2) is 11.4 Å². The molecule has 0 saturated carbocycles. The molecule has 1 aromatic heterocycles. The number of rotatable bonds is 5. The number of nitrogens with one attached hydrogen (secondary N) is 2. The number of thiophene rings is 1. The minimum absolute atomic E-state index is 0.118. The summed E-state index contributed by atoms with van der Waals surface area (Å²) in [7, 11) is 0. The van der Waals surface area contributed by atoms with Crippen molar-refractivity contribution in [3.8, 4) is 0 Å². The van der Waals surface area contributed by atoms with E-state index in [1.807, 2.05) is 0 Å². The maximum absolute atomic E-state index is 11.6. The van der Waals surface area contributed by atoms with E-state index < -0.39 is 5.97 Å². The Bertz CT molecular complexity index is 429. The second-order valence-electron chi connectivity index (χ2n) is 4.52. The van der Waals surface area contributed by atoms with Crippen LogP contribution in [0.5, 0.6) is 0 Å². The minimum Gasteiger partial charge on any atom is -0.478 e. The number of carbonyl (C=O) groups excluding carboxylic acids is 1. The lowest BCUT2D eigenvalue weighted by molar-refractivity contribution is 0.0698. The molecule has 1 heterocycles. The summed E-state index contributed by atoms with van der Waals surface area (Å²) in [5, 5.41) is 16.2. The van der Waals surface area contributed by atoms with Gasteiger partial charge in [0.25, 0.3) is 0 Å². The fourth-order valence-corrected chi connectivity index (χ4v) is 1.99. The molecular formula is C12H18N2O3S. The zero-order chi connectivity index (χ0) is 13.7. The van der Waals surface area contributed by atoms with Crippen LogP contribution in [0.1, 0.15) is 31.1 Å². The summed E-state index contributed by atoms with van der Waals surface area (Å²) in [6.45, 7) is 6.80. The smallest absolute Gasteiger partial charge is 0.338 e. The van der Waals surface area contributed by atoms with Crippen LogP contribution in [0.3, 0.4) is 0 Å². The van der Waals surface area contributed by atoms with Crippen molar-refractivity contribution in [2.45, 2.75) is 20.8 Å². The summed E-state index contributed by atoms with van der Waals surface area (Å²) in [6.07, 6.45) is 0. The summed E-state index contributed by atoms with van der Waals surface area (Å²) in [6, 6.07) is 1.10.